The predicted molar refractivity (Wildman–Crippen MR) is 97.3 cm³/mol. The van der Waals surface area contributed by atoms with Crippen LogP contribution in [-0.2, 0) is 0 Å². The van der Waals surface area contributed by atoms with Crippen LogP contribution in [0.25, 0.3) is 21.9 Å². The number of pyridine rings is 1. The quantitative estimate of drug-likeness (QED) is 0.771. The third kappa shape index (κ3) is 3.25. The molecule has 3 aromatic rings. The summed E-state index contributed by atoms with van der Waals surface area (Å²) in [5, 5.41) is 12.3. The number of carbonyl (C=O) groups is 1. The second-order valence-corrected chi connectivity index (χ2v) is 6.65. The maximum Gasteiger partial charge on any atom is 0.270 e. The van der Waals surface area contributed by atoms with E-state index in [1.807, 2.05) is 30.5 Å². The Labute approximate surface area is 146 Å². The van der Waals surface area contributed by atoms with Gasteiger partial charge in [-0.15, -0.1) is 0 Å². The number of fused-ring (bicyclic) bond motifs is 1. The summed E-state index contributed by atoms with van der Waals surface area (Å²) in [5.41, 5.74) is 2.29. The van der Waals surface area contributed by atoms with E-state index in [1.54, 1.807) is 12.4 Å². The molecule has 1 aliphatic rings. The fourth-order valence-corrected chi connectivity index (χ4v) is 3.34. The highest BCUT2D eigenvalue weighted by Gasteiger charge is 2.22. The molecule has 1 aliphatic heterocycles. The summed E-state index contributed by atoms with van der Waals surface area (Å²) in [7, 11) is 2.11. The third-order valence-electron chi connectivity index (χ3n) is 4.87. The second kappa shape index (κ2) is 6.64. The molecule has 4 rings (SSSR count). The molecule has 6 heteroatoms. The Morgan fingerprint density at radius 3 is 2.88 bits per heavy atom. The number of likely N-dealkylation sites (tertiary alicyclic amines) is 1. The number of nitrogens with one attached hydrogen (secondary N) is 2. The van der Waals surface area contributed by atoms with E-state index in [-0.39, 0.29) is 11.9 Å². The molecule has 6 nitrogen and oxygen atoms in total. The van der Waals surface area contributed by atoms with Gasteiger partial charge < -0.3 is 10.2 Å². The van der Waals surface area contributed by atoms with Crippen LogP contribution < -0.4 is 5.32 Å². The van der Waals surface area contributed by atoms with Crippen molar-refractivity contribution in [2.75, 3.05) is 20.1 Å². The average molecular weight is 335 g/mol. The summed E-state index contributed by atoms with van der Waals surface area (Å²) < 4.78 is 0. The van der Waals surface area contributed by atoms with Crippen LogP contribution in [0.15, 0.2) is 42.9 Å². The van der Waals surface area contributed by atoms with Gasteiger partial charge in [0.25, 0.3) is 5.91 Å². The third-order valence-corrected chi connectivity index (χ3v) is 4.87. The minimum Gasteiger partial charge on any atom is -0.348 e. The van der Waals surface area contributed by atoms with Crippen molar-refractivity contribution < 1.29 is 4.79 Å². The smallest absolute Gasteiger partial charge is 0.270 e. The lowest BCUT2D eigenvalue weighted by Gasteiger charge is -2.29. The highest BCUT2D eigenvalue weighted by molar-refractivity contribution is 6.00. The number of hydrogen-bond acceptors (Lipinski definition) is 4. The van der Waals surface area contributed by atoms with Gasteiger partial charge in [-0.1, -0.05) is 12.1 Å². The first-order chi connectivity index (χ1) is 12.2. The molecular formula is C19H21N5O. The first-order valence-corrected chi connectivity index (χ1v) is 8.57. The number of aromatic amines is 1. The number of carbonyl (C=O) groups excluding carboxylic acids is 1. The minimum absolute atomic E-state index is 0.0895. The zero-order valence-electron chi connectivity index (χ0n) is 14.2. The summed E-state index contributed by atoms with van der Waals surface area (Å²) in [6, 6.07) is 8.29. The van der Waals surface area contributed by atoms with Crippen LogP contribution in [-0.4, -0.2) is 52.2 Å². The van der Waals surface area contributed by atoms with Crippen molar-refractivity contribution in [3.05, 3.63) is 48.5 Å². The van der Waals surface area contributed by atoms with E-state index < -0.39 is 0 Å². The number of rotatable bonds is 3. The van der Waals surface area contributed by atoms with Gasteiger partial charge in [0.05, 0.1) is 6.20 Å². The maximum atomic E-state index is 12.7. The molecule has 0 radical (unpaired) electrons. The Bertz CT molecular complexity index is 895. The van der Waals surface area contributed by atoms with Gasteiger partial charge in [-0.3, -0.25) is 14.9 Å². The van der Waals surface area contributed by atoms with E-state index in [2.05, 4.69) is 32.4 Å². The zero-order valence-corrected chi connectivity index (χ0v) is 14.2. The summed E-state index contributed by atoms with van der Waals surface area (Å²) in [5.74, 6) is -0.0895. The van der Waals surface area contributed by atoms with E-state index in [1.165, 1.54) is 0 Å². The molecule has 0 unspecified atom stereocenters. The summed E-state index contributed by atoms with van der Waals surface area (Å²) in [4.78, 5) is 19.2. The number of aromatic nitrogens is 3. The van der Waals surface area contributed by atoms with Crippen molar-refractivity contribution >= 4 is 16.7 Å². The van der Waals surface area contributed by atoms with Gasteiger partial charge in [-0.05, 0) is 56.1 Å². The molecule has 25 heavy (non-hydrogen) atoms. The van der Waals surface area contributed by atoms with Crippen molar-refractivity contribution in [2.45, 2.75) is 18.9 Å². The van der Waals surface area contributed by atoms with Crippen molar-refractivity contribution in [2.24, 2.45) is 0 Å². The highest BCUT2D eigenvalue weighted by atomic mass is 16.2. The van der Waals surface area contributed by atoms with Gasteiger partial charge in [-0.2, -0.15) is 5.10 Å². The fourth-order valence-electron chi connectivity index (χ4n) is 3.34. The SMILES string of the molecule is CN1CCC(NC(=O)c2[nH]ncc2-c2ccc3ccncc3c2)CC1. The lowest BCUT2D eigenvalue weighted by molar-refractivity contribution is 0.0912. The molecule has 0 spiro atoms. The van der Waals surface area contributed by atoms with Crippen LogP contribution in [0.4, 0.5) is 0 Å². The largest absolute Gasteiger partial charge is 0.348 e. The van der Waals surface area contributed by atoms with Crippen molar-refractivity contribution in [1.82, 2.24) is 25.4 Å². The van der Waals surface area contributed by atoms with E-state index in [0.29, 0.717) is 5.69 Å². The Morgan fingerprint density at radius 1 is 1.20 bits per heavy atom. The van der Waals surface area contributed by atoms with Gasteiger partial charge >= 0.3 is 0 Å². The lowest BCUT2D eigenvalue weighted by Crippen LogP contribution is -2.43. The zero-order chi connectivity index (χ0) is 17.2. The maximum absolute atomic E-state index is 12.7. The van der Waals surface area contributed by atoms with E-state index in [4.69, 9.17) is 0 Å². The number of hydrogen-bond donors (Lipinski definition) is 2. The minimum atomic E-state index is -0.0895. The molecule has 1 amide bonds. The molecule has 2 aromatic heterocycles. The molecule has 1 fully saturated rings. The van der Waals surface area contributed by atoms with Crippen LogP contribution >= 0.6 is 0 Å². The predicted octanol–water partition coefficient (Wildman–Crippen LogP) is 2.45. The average Bonchev–Trinajstić information content (AvgIpc) is 3.13. The van der Waals surface area contributed by atoms with E-state index in [9.17, 15) is 4.79 Å². The molecule has 0 aliphatic carbocycles. The van der Waals surface area contributed by atoms with Gasteiger partial charge in [0, 0.05) is 29.4 Å². The molecule has 1 saturated heterocycles. The van der Waals surface area contributed by atoms with E-state index in [0.717, 1.165) is 47.8 Å². The molecule has 0 saturated carbocycles. The van der Waals surface area contributed by atoms with Crippen LogP contribution in [0.1, 0.15) is 23.3 Å². The molecule has 1 aromatic carbocycles. The number of piperidine rings is 1. The topological polar surface area (TPSA) is 73.9 Å². The van der Waals surface area contributed by atoms with Crippen LogP contribution in [0.2, 0.25) is 0 Å². The Hall–Kier alpha value is -2.73. The van der Waals surface area contributed by atoms with Crippen LogP contribution in [0.3, 0.4) is 0 Å². The number of H-pyrrole nitrogens is 1. The van der Waals surface area contributed by atoms with Gasteiger partial charge in [0.15, 0.2) is 0 Å². The number of amides is 1. The molecule has 0 bridgehead atoms. The van der Waals surface area contributed by atoms with Crippen molar-refractivity contribution in [3.63, 3.8) is 0 Å². The van der Waals surface area contributed by atoms with Crippen molar-refractivity contribution in [1.29, 1.82) is 0 Å². The van der Waals surface area contributed by atoms with Crippen LogP contribution in [0, 0.1) is 0 Å². The number of benzene rings is 1. The molecule has 2 N–H and O–H groups in total. The van der Waals surface area contributed by atoms with Crippen molar-refractivity contribution in [3.8, 4) is 11.1 Å². The first kappa shape index (κ1) is 15.8. The van der Waals surface area contributed by atoms with E-state index >= 15 is 0 Å². The Morgan fingerprint density at radius 2 is 2.04 bits per heavy atom. The monoisotopic (exact) mass is 335 g/mol. The normalized spacial score (nSPS) is 16.2. The molecular weight excluding hydrogens is 314 g/mol. The summed E-state index contributed by atoms with van der Waals surface area (Å²) in [6.45, 7) is 2.02. The fraction of sp³-hybridized carbons (Fsp3) is 0.316. The van der Waals surface area contributed by atoms with Gasteiger partial charge in [-0.25, -0.2) is 0 Å². The number of nitrogens with zero attached hydrogens (tertiary/aromatic N) is 3. The molecule has 128 valence electrons. The summed E-state index contributed by atoms with van der Waals surface area (Å²) in [6.07, 6.45) is 7.28. The lowest BCUT2D eigenvalue weighted by atomic mass is 10.0. The van der Waals surface area contributed by atoms with Gasteiger partial charge in [0.1, 0.15) is 5.69 Å². The first-order valence-electron chi connectivity index (χ1n) is 8.57. The molecule has 0 atom stereocenters. The standard InChI is InChI=1S/C19H21N5O/c1-24-8-5-16(6-9-24)22-19(25)18-17(12-21-23-18)14-3-2-13-4-7-20-11-15(13)10-14/h2-4,7,10-12,16H,5-6,8-9H2,1H3,(H,21,23)(H,22,25). The molecule has 3 heterocycles. The summed E-state index contributed by atoms with van der Waals surface area (Å²) >= 11 is 0. The van der Waals surface area contributed by atoms with Crippen LogP contribution in [0.5, 0.6) is 0 Å². The Balaban J connectivity index is 1.57. The van der Waals surface area contributed by atoms with Gasteiger partial charge in [0.2, 0.25) is 0 Å². The highest BCUT2D eigenvalue weighted by Crippen LogP contribution is 2.26. The Kier molecular flexibility index (Phi) is 4.19. The second-order valence-electron chi connectivity index (χ2n) is 6.65.